The van der Waals surface area contributed by atoms with Crippen LogP contribution in [0.3, 0.4) is 0 Å². The summed E-state index contributed by atoms with van der Waals surface area (Å²) in [4.78, 5) is 0. The zero-order chi connectivity index (χ0) is 14.1. The van der Waals surface area contributed by atoms with Crippen LogP contribution in [0.5, 0.6) is 0 Å². The summed E-state index contributed by atoms with van der Waals surface area (Å²) in [5, 5.41) is 4.39. The van der Waals surface area contributed by atoms with Gasteiger partial charge in [0.25, 0.3) is 0 Å². The van der Waals surface area contributed by atoms with Gasteiger partial charge in [0.15, 0.2) is 0 Å². The Balaban J connectivity index is 1.97. The Bertz CT molecular complexity index is 620. The molecular weight excluding hydrogens is 279 g/mol. The normalized spacial score (nSPS) is 15.9. The summed E-state index contributed by atoms with van der Waals surface area (Å²) >= 11 is 6.12. The highest BCUT2D eigenvalue weighted by molar-refractivity contribution is 6.33. The third kappa shape index (κ3) is 2.52. The molecule has 20 heavy (non-hydrogen) atoms. The van der Waals surface area contributed by atoms with E-state index in [2.05, 4.69) is 5.16 Å². The summed E-state index contributed by atoms with van der Waals surface area (Å²) in [6.07, 6.45) is 5.80. The van der Waals surface area contributed by atoms with Crippen LogP contribution in [0.1, 0.15) is 31.4 Å². The molecule has 2 aromatic rings. The molecule has 106 valence electrons. The molecule has 2 N–H and O–H groups in total. The standard InChI is InChI=1S/C15H16ClFN2O/c16-12-8-10(17)5-6-11(12)14-13(19-20-15(14)18)7-9-3-1-2-4-9/h5-6,8-9H,1-4,7,18H2. The van der Waals surface area contributed by atoms with E-state index in [1.54, 1.807) is 6.07 Å². The van der Waals surface area contributed by atoms with Crippen LogP contribution in [0, 0.1) is 11.7 Å². The number of rotatable bonds is 3. The number of benzene rings is 1. The summed E-state index contributed by atoms with van der Waals surface area (Å²) in [7, 11) is 0. The lowest BCUT2D eigenvalue weighted by molar-refractivity contribution is 0.417. The molecule has 3 rings (SSSR count). The number of halogens is 2. The van der Waals surface area contributed by atoms with Crippen molar-refractivity contribution in [3.63, 3.8) is 0 Å². The van der Waals surface area contributed by atoms with Gasteiger partial charge in [-0.15, -0.1) is 0 Å². The lowest BCUT2D eigenvalue weighted by Crippen LogP contribution is -2.01. The van der Waals surface area contributed by atoms with E-state index in [9.17, 15) is 4.39 Å². The van der Waals surface area contributed by atoms with Crippen LogP contribution in [-0.2, 0) is 6.42 Å². The number of nitrogens with two attached hydrogens (primary N) is 1. The molecule has 1 aromatic heterocycles. The highest BCUT2D eigenvalue weighted by Crippen LogP contribution is 2.38. The topological polar surface area (TPSA) is 52.0 Å². The average molecular weight is 295 g/mol. The van der Waals surface area contributed by atoms with Crippen molar-refractivity contribution < 1.29 is 8.91 Å². The predicted molar refractivity (Wildman–Crippen MR) is 77.0 cm³/mol. The number of nitrogen functional groups attached to an aromatic ring is 1. The molecule has 1 aliphatic rings. The molecule has 0 unspecified atom stereocenters. The quantitative estimate of drug-likeness (QED) is 0.910. The fraction of sp³-hybridized carbons (Fsp3) is 0.400. The third-order valence-electron chi connectivity index (χ3n) is 3.95. The van der Waals surface area contributed by atoms with Gasteiger partial charge >= 0.3 is 0 Å². The second-order valence-electron chi connectivity index (χ2n) is 5.35. The van der Waals surface area contributed by atoms with Gasteiger partial charge < -0.3 is 10.3 Å². The Hall–Kier alpha value is -1.55. The van der Waals surface area contributed by atoms with E-state index < -0.39 is 0 Å². The van der Waals surface area contributed by atoms with Crippen molar-refractivity contribution in [3.05, 3.63) is 34.7 Å². The molecule has 5 heteroatoms. The molecule has 1 aliphatic carbocycles. The molecule has 3 nitrogen and oxygen atoms in total. The molecule has 0 radical (unpaired) electrons. The SMILES string of the molecule is Nc1onc(CC2CCCC2)c1-c1ccc(F)cc1Cl. The Labute approximate surface area is 121 Å². The van der Waals surface area contributed by atoms with E-state index in [1.807, 2.05) is 0 Å². The molecule has 0 amide bonds. The first-order chi connectivity index (χ1) is 9.65. The van der Waals surface area contributed by atoms with Crippen LogP contribution in [-0.4, -0.2) is 5.16 Å². The largest absolute Gasteiger partial charge is 0.367 e. The van der Waals surface area contributed by atoms with E-state index in [-0.39, 0.29) is 11.7 Å². The van der Waals surface area contributed by atoms with Crippen molar-refractivity contribution in [1.29, 1.82) is 0 Å². The smallest absolute Gasteiger partial charge is 0.230 e. The summed E-state index contributed by atoms with van der Waals surface area (Å²) in [6.45, 7) is 0. The molecule has 1 fully saturated rings. The molecule has 0 saturated heterocycles. The minimum absolute atomic E-state index is 0.242. The Kier molecular flexibility index (Phi) is 3.66. The maximum Gasteiger partial charge on any atom is 0.230 e. The number of aromatic nitrogens is 1. The lowest BCUT2D eigenvalue weighted by atomic mass is 9.96. The highest BCUT2D eigenvalue weighted by Gasteiger charge is 2.23. The first kappa shape index (κ1) is 13.4. The molecule has 0 spiro atoms. The predicted octanol–water partition coefficient (Wildman–Crippen LogP) is 4.45. The van der Waals surface area contributed by atoms with Gasteiger partial charge in [-0.1, -0.05) is 42.4 Å². The molecular formula is C15H16ClFN2O. The maximum atomic E-state index is 13.2. The van der Waals surface area contributed by atoms with Crippen LogP contribution in [0.4, 0.5) is 10.3 Å². The van der Waals surface area contributed by atoms with Crippen LogP contribution in [0.25, 0.3) is 11.1 Å². The minimum Gasteiger partial charge on any atom is -0.367 e. The van der Waals surface area contributed by atoms with E-state index in [4.69, 9.17) is 21.9 Å². The zero-order valence-electron chi connectivity index (χ0n) is 11.0. The Morgan fingerprint density at radius 1 is 1.35 bits per heavy atom. The number of anilines is 1. The molecule has 1 heterocycles. The number of hydrogen-bond acceptors (Lipinski definition) is 3. The number of hydrogen-bond donors (Lipinski definition) is 1. The summed E-state index contributed by atoms with van der Waals surface area (Å²) < 4.78 is 18.3. The second-order valence-corrected chi connectivity index (χ2v) is 5.75. The molecule has 0 atom stereocenters. The van der Waals surface area contributed by atoms with E-state index in [0.29, 0.717) is 22.1 Å². The van der Waals surface area contributed by atoms with Crippen molar-refractivity contribution in [2.75, 3.05) is 5.73 Å². The summed E-state index contributed by atoms with van der Waals surface area (Å²) in [6, 6.07) is 4.27. The highest BCUT2D eigenvalue weighted by atomic mass is 35.5. The second kappa shape index (κ2) is 5.44. The first-order valence-corrected chi connectivity index (χ1v) is 7.22. The van der Waals surface area contributed by atoms with Crippen LogP contribution in [0.2, 0.25) is 5.02 Å². The summed E-state index contributed by atoms with van der Waals surface area (Å²) in [5.74, 6) is 0.495. The fourth-order valence-corrected chi connectivity index (χ4v) is 3.21. The van der Waals surface area contributed by atoms with Gasteiger partial charge in [-0.2, -0.15) is 0 Å². The van der Waals surface area contributed by atoms with Gasteiger partial charge in [0.1, 0.15) is 5.82 Å². The van der Waals surface area contributed by atoms with Crippen LogP contribution >= 0.6 is 11.6 Å². The minimum atomic E-state index is -0.369. The molecule has 0 bridgehead atoms. The van der Waals surface area contributed by atoms with E-state index in [1.165, 1.54) is 37.8 Å². The summed E-state index contributed by atoms with van der Waals surface area (Å²) in [5.41, 5.74) is 8.09. The van der Waals surface area contributed by atoms with Crippen molar-refractivity contribution in [1.82, 2.24) is 5.16 Å². The van der Waals surface area contributed by atoms with Gasteiger partial charge in [0.2, 0.25) is 5.88 Å². The first-order valence-electron chi connectivity index (χ1n) is 6.84. The van der Waals surface area contributed by atoms with Crippen molar-refractivity contribution in [2.45, 2.75) is 32.1 Å². The zero-order valence-corrected chi connectivity index (χ0v) is 11.8. The van der Waals surface area contributed by atoms with Gasteiger partial charge in [0, 0.05) is 5.56 Å². The third-order valence-corrected chi connectivity index (χ3v) is 4.26. The molecule has 1 saturated carbocycles. The van der Waals surface area contributed by atoms with Gasteiger partial charge in [-0.05, 0) is 30.5 Å². The fourth-order valence-electron chi connectivity index (χ4n) is 2.95. The number of nitrogens with zero attached hydrogens (tertiary/aromatic N) is 1. The maximum absolute atomic E-state index is 13.2. The molecule has 1 aromatic carbocycles. The van der Waals surface area contributed by atoms with Crippen molar-refractivity contribution >= 4 is 17.5 Å². The van der Waals surface area contributed by atoms with E-state index in [0.717, 1.165) is 12.1 Å². The monoisotopic (exact) mass is 294 g/mol. The van der Waals surface area contributed by atoms with Crippen LogP contribution < -0.4 is 5.73 Å². The van der Waals surface area contributed by atoms with Crippen molar-refractivity contribution in [2.24, 2.45) is 5.92 Å². The van der Waals surface area contributed by atoms with Crippen LogP contribution in [0.15, 0.2) is 22.7 Å². The van der Waals surface area contributed by atoms with Crippen molar-refractivity contribution in [3.8, 4) is 11.1 Å². The average Bonchev–Trinajstić information content (AvgIpc) is 3.02. The Morgan fingerprint density at radius 2 is 2.10 bits per heavy atom. The lowest BCUT2D eigenvalue weighted by Gasteiger charge is -2.09. The van der Waals surface area contributed by atoms with Gasteiger partial charge in [-0.3, -0.25) is 0 Å². The molecule has 0 aliphatic heterocycles. The van der Waals surface area contributed by atoms with Gasteiger partial charge in [-0.25, -0.2) is 4.39 Å². The van der Waals surface area contributed by atoms with Gasteiger partial charge in [0.05, 0.1) is 16.3 Å². The van der Waals surface area contributed by atoms with E-state index >= 15 is 0 Å². The Morgan fingerprint density at radius 3 is 2.80 bits per heavy atom.